The fourth-order valence-corrected chi connectivity index (χ4v) is 3.14. The number of allylic oxidation sites excluding steroid dienone is 1. The first-order valence-corrected chi connectivity index (χ1v) is 9.06. The predicted octanol–water partition coefficient (Wildman–Crippen LogP) is 5.46. The van der Waals surface area contributed by atoms with Gasteiger partial charge in [-0.2, -0.15) is 5.26 Å². The van der Waals surface area contributed by atoms with E-state index < -0.39 is 4.92 Å². The molecule has 0 aliphatic rings. The van der Waals surface area contributed by atoms with Crippen LogP contribution in [-0.2, 0) is 0 Å². The summed E-state index contributed by atoms with van der Waals surface area (Å²) in [5, 5.41) is 21.2. The summed E-state index contributed by atoms with van der Waals surface area (Å²) in [7, 11) is 1.57. The van der Waals surface area contributed by atoms with Gasteiger partial charge in [0.05, 0.1) is 34.2 Å². The maximum absolute atomic E-state index is 11.3. The molecule has 2 aromatic carbocycles. The number of nitro groups is 1. The number of nitrogens with one attached hydrogen (secondary N) is 1. The number of furan rings is 1. The molecule has 1 N–H and O–H groups in total. The van der Waals surface area contributed by atoms with Crippen molar-refractivity contribution in [2.45, 2.75) is 0 Å². The summed E-state index contributed by atoms with van der Waals surface area (Å²) in [5.74, 6) is 1.68. The maximum atomic E-state index is 11.3. The van der Waals surface area contributed by atoms with Gasteiger partial charge in [0, 0.05) is 23.2 Å². The molecule has 0 aliphatic carbocycles. The van der Waals surface area contributed by atoms with Crippen molar-refractivity contribution in [1.82, 2.24) is 9.97 Å². The number of hydrogen-bond donors (Lipinski definition) is 1. The number of fused-ring (bicyclic) bond motifs is 1. The second kappa shape index (κ2) is 7.73. The highest BCUT2D eigenvalue weighted by atomic mass is 35.5. The molecule has 0 amide bonds. The fourth-order valence-electron chi connectivity index (χ4n) is 2.98. The minimum Gasteiger partial charge on any atom is -0.497 e. The maximum Gasteiger partial charge on any atom is 0.281 e. The topological polar surface area (TPSA) is 118 Å². The number of aromatic amines is 1. The van der Waals surface area contributed by atoms with Crippen LogP contribution in [0, 0.1) is 21.4 Å². The average Bonchev–Trinajstić information content (AvgIpc) is 3.38. The normalized spacial score (nSPS) is 11.4. The second-order valence-electron chi connectivity index (χ2n) is 6.26. The summed E-state index contributed by atoms with van der Waals surface area (Å²) in [4.78, 5) is 18.3. The van der Waals surface area contributed by atoms with Gasteiger partial charge >= 0.3 is 0 Å². The molecule has 0 aliphatic heterocycles. The highest BCUT2D eigenvalue weighted by Crippen LogP contribution is 2.34. The number of ether oxygens (including phenoxy) is 1. The third-order valence-corrected chi connectivity index (χ3v) is 4.64. The van der Waals surface area contributed by atoms with E-state index in [9.17, 15) is 15.4 Å². The average molecular weight is 421 g/mol. The molecule has 0 saturated carbocycles. The summed E-state index contributed by atoms with van der Waals surface area (Å²) in [5.41, 5.74) is 1.78. The SMILES string of the molecule is COc1ccc2nc(/C(C#N)=C\c3ccc(-c4ccc(Cl)cc4[N+](=O)[O-])o3)[nH]c2c1. The van der Waals surface area contributed by atoms with Crippen LogP contribution in [-0.4, -0.2) is 22.0 Å². The van der Waals surface area contributed by atoms with Crippen molar-refractivity contribution in [2.75, 3.05) is 7.11 Å². The Bertz CT molecular complexity index is 1350. The van der Waals surface area contributed by atoms with Crippen LogP contribution in [0.3, 0.4) is 0 Å². The number of nitrogens with zero attached hydrogens (tertiary/aromatic N) is 3. The Labute approximate surface area is 175 Å². The fraction of sp³-hybridized carbons (Fsp3) is 0.0476. The highest BCUT2D eigenvalue weighted by molar-refractivity contribution is 6.30. The summed E-state index contributed by atoms with van der Waals surface area (Å²) in [6.07, 6.45) is 1.51. The van der Waals surface area contributed by atoms with Gasteiger partial charge in [0.25, 0.3) is 5.69 Å². The van der Waals surface area contributed by atoms with Crippen LogP contribution in [0.5, 0.6) is 5.75 Å². The molecule has 4 aromatic rings. The molecule has 4 rings (SSSR count). The monoisotopic (exact) mass is 420 g/mol. The van der Waals surface area contributed by atoms with Crippen LogP contribution < -0.4 is 4.74 Å². The molecule has 0 unspecified atom stereocenters. The number of hydrogen-bond acceptors (Lipinski definition) is 6. The smallest absolute Gasteiger partial charge is 0.281 e. The number of rotatable bonds is 5. The Balaban J connectivity index is 1.71. The van der Waals surface area contributed by atoms with E-state index in [4.69, 9.17) is 20.8 Å². The van der Waals surface area contributed by atoms with Crippen molar-refractivity contribution in [1.29, 1.82) is 5.26 Å². The lowest BCUT2D eigenvalue weighted by atomic mass is 10.1. The molecule has 0 atom stereocenters. The number of methoxy groups -OCH3 is 1. The van der Waals surface area contributed by atoms with Crippen LogP contribution in [0.4, 0.5) is 5.69 Å². The summed E-state index contributed by atoms with van der Waals surface area (Å²) < 4.78 is 10.9. The molecule has 0 radical (unpaired) electrons. The molecule has 0 fully saturated rings. The molecule has 8 nitrogen and oxygen atoms in total. The van der Waals surface area contributed by atoms with Crippen LogP contribution in [0.2, 0.25) is 5.02 Å². The van der Waals surface area contributed by atoms with Crippen LogP contribution >= 0.6 is 11.6 Å². The van der Waals surface area contributed by atoms with Crippen molar-refractivity contribution >= 4 is 40.0 Å². The van der Waals surface area contributed by atoms with Crippen molar-refractivity contribution in [2.24, 2.45) is 0 Å². The third kappa shape index (κ3) is 3.62. The van der Waals surface area contributed by atoms with Gasteiger partial charge in [0.2, 0.25) is 0 Å². The van der Waals surface area contributed by atoms with Crippen molar-refractivity contribution < 1.29 is 14.1 Å². The van der Waals surface area contributed by atoms with E-state index in [1.807, 2.05) is 0 Å². The van der Waals surface area contributed by atoms with Gasteiger partial charge in [-0.15, -0.1) is 0 Å². The summed E-state index contributed by atoms with van der Waals surface area (Å²) in [6.45, 7) is 0. The quantitative estimate of drug-likeness (QED) is 0.260. The van der Waals surface area contributed by atoms with E-state index in [-0.39, 0.29) is 22.0 Å². The van der Waals surface area contributed by atoms with Crippen LogP contribution in [0.15, 0.2) is 52.9 Å². The number of halogens is 1. The van der Waals surface area contributed by atoms with Gasteiger partial charge in [-0.1, -0.05) is 11.6 Å². The Morgan fingerprint density at radius 1 is 1.30 bits per heavy atom. The third-order valence-electron chi connectivity index (χ3n) is 4.40. The van der Waals surface area contributed by atoms with Gasteiger partial charge in [-0.3, -0.25) is 10.1 Å². The van der Waals surface area contributed by atoms with Crippen LogP contribution in [0.1, 0.15) is 11.6 Å². The summed E-state index contributed by atoms with van der Waals surface area (Å²) >= 11 is 5.86. The molecule has 9 heteroatoms. The number of aromatic nitrogens is 2. The lowest BCUT2D eigenvalue weighted by molar-refractivity contribution is -0.384. The Morgan fingerprint density at radius 3 is 2.87 bits per heavy atom. The van der Waals surface area contributed by atoms with E-state index in [0.717, 1.165) is 5.52 Å². The molecule has 0 bridgehead atoms. The zero-order chi connectivity index (χ0) is 21.3. The zero-order valence-corrected chi connectivity index (χ0v) is 16.3. The first-order chi connectivity index (χ1) is 14.5. The van der Waals surface area contributed by atoms with Crippen molar-refractivity contribution in [3.05, 3.63) is 75.3 Å². The molecular weight excluding hydrogens is 408 g/mol. The first-order valence-electron chi connectivity index (χ1n) is 8.68. The second-order valence-corrected chi connectivity index (χ2v) is 6.70. The standard InChI is InChI=1S/C21H13ClN4O4/c1-29-14-3-6-17-18(10-14)25-21(24-17)12(11-23)8-15-4-7-20(30-15)16-5-2-13(22)9-19(16)26(27)28/h2-10H,1H3,(H,24,25)/b12-8-. The molecule has 2 heterocycles. The number of nitriles is 1. The van der Waals surface area contributed by atoms with E-state index >= 15 is 0 Å². The van der Waals surface area contributed by atoms with Gasteiger partial charge in [-0.25, -0.2) is 4.98 Å². The van der Waals surface area contributed by atoms with Gasteiger partial charge in [-0.05, 0) is 36.4 Å². The lowest BCUT2D eigenvalue weighted by Crippen LogP contribution is -1.91. The van der Waals surface area contributed by atoms with Crippen molar-refractivity contribution in [3.63, 3.8) is 0 Å². The Kier molecular flexibility index (Phi) is 4.96. The summed E-state index contributed by atoms with van der Waals surface area (Å²) in [6, 6.07) is 15.0. The minimum absolute atomic E-state index is 0.167. The largest absolute Gasteiger partial charge is 0.497 e. The number of H-pyrrole nitrogens is 1. The van der Waals surface area contributed by atoms with E-state index in [1.165, 1.54) is 18.2 Å². The minimum atomic E-state index is -0.525. The van der Waals surface area contributed by atoms with Crippen molar-refractivity contribution in [3.8, 4) is 23.1 Å². The Hall–Kier alpha value is -4.09. The number of benzene rings is 2. The van der Waals surface area contributed by atoms with E-state index in [0.29, 0.717) is 28.4 Å². The first kappa shape index (κ1) is 19.2. The van der Waals surface area contributed by atoms with Crippen LogP contribution in [0.25, 0.3) is 34.0 Å². The molecular formula is C21H13ClN4O4. The molecule has 30 heavy (non-hydrogen) atoms. The molecule has 2 aromatic heterocycles. The van der Waals surface area contributed by atoms with Gasteiger partial charge in [0.1, 0.15) is 29.2 Å². The molecule has 0 saturated heterocycles. The van der Waals surface area contributed by atoms with Gasteiger partial charge in [0.15, 0.2) is 0 Å². The lowest BCUT2D eigenvalue weighted by Gasteiger charge is -2.00. The molecule has 148 valence electrons. The highest BCUT2D eigenvalue weighted by Gasteiger charge is 2.19. The number of imidazole rings is 1. The Morgan fingerprint density at radius 2 is 2.13 bits per heavy atom. The number of nitro benzene ring substituents is 1. The van der Waals surface area contributed by atoms with E-state index in [2.05, 4.69) is 16.0 Å². The van der Waals surface area contributed by atoms with E-state index in [1.54, 1.807) is 43.5 Å². The zero-order valence-electron chi connectivity index (χ0n) is 15.5. The molecule has 0 spiro atoms. The van der Waals surface area contributed by atoms with Gasteiger partial charge < -0.3 is 14.1 Å². The predicted molar refractivity (Wildman–Crippen MR) is 112 cm³/mol.